The highest BCUT2D eigenvalue weighted by Gasteiger charge is 2.15. The van der Waals surface area contributed by atoms with Gasteiger partial charge in [-0.2, -0.15) is 5.26 Å². The van der Waals surface area contributed by atoms with Crippen LogP contribution in [-0.2, 0) is 0 Å². The van der Waals surface area contributed by atoms with E-state index in [4.69, 9.17) is 16.1 Å². The second kappa shape index (κ2) is 2.98. The molecule has 3 N–H and O–H groups in total. The number of phenols is 1. The van der Waals surface area contributed by atoms with Crippen molar-refractivity contribution in [3.63, 3.8) is 0 Å². The van der Waals surface area contributed by atoms with Crippen molar-refractivity contribution < 1.29 is 10.0 Å². The molecule has 6 heteroatoms. The van der Waals surface area contributed by atoms with Crippen LogP contribution in [0.2, 0.25) is 0 Å². The number of nitro groups is 1. The molecule has 0 aliphatic rings. The Labute approximate surface area is 73.0 Å². The molecule has 1 rings (SSSR count). The van der Waals surface area contributed by atoms with Crippen molar-refractivity contribution in [3.8, 4) is 11.8 Å². The fourth-order valence-corrected chi connectivity index (χ4v) is 0.836. The van der Waals surface area contributed by atoms with Gasteiger partial charge in [-0.1, -0.05) is 0 Å². The van der Waals surface area contributed by atoms with Crippen molar-refractivity contribution in [1.82, 2.24) is 0 Å². The second-order valence-corrected chi connectivity index (χ2v) is 2.30. The SMILES string of the molecule is N#Cc1cc([N+](=O)[O-])c(O)cc1N. The third-order valence-electron chi connectivity index (χ3n) is 1.46. The number of nitriles is 1. The summed E-state index contributed by atoms with van der Waals surface area (Å²) in [7, 11) is 0. The second-order valence-electron chi connectivity index (χ2n) is 2.30. The Balaban J connectivity index is 3.41. The lowest BCUT2D eigenvalue weighted by atomic mass is 10.1. The van der Waals surface area contributed by atoms with Gasteiger partial charge in [0.15, 0.2) is 5.75 Å². The molecule has 0 aliphatic carbocycles. The van der Waals surface area contributed by atoms with Gasteiger partial charge in [0.05, 0.1) is 16.2 Å². The monoisotopic (exact) mass is 179 g/mol. The number of anilines is 1. The number of nitrogens with zero attached hydrogens (tertiary/aromatic N) is 2. The number of nitrogen functional groups attached to an aromatic ring is 1. The summed E-state index contributed by atoms with van der Waals surface area (Å²) in [5, 5.41) is 27.8. The molecular weight excluding hydrogens is 174 g/mol. The maximum atomic E-state index is 10.3. The first kappa shape index (κ1) is 8.80. The van der Waals surface area contributed by atoms with E-state index >= 15 is 0 Å². The molecule has 0 aromatic heterocycles. The number of benzene rings is 1. The Morgan fingerprint density at radius 2 is 2.23 bits per heavy atom. The number of rotatable bonds is 1. The molecule has 1 aromatic rings. The molecule has 1 aromatic carbocycles. The largest absolute Gasteiger partial charge is 0.502 e. The van der Waals surface area contributed by atoms with Gasteiger partial charge in [0.2, 0.25) is 0 Å². The molecule has 0 bridgehead atoms. The van der Waals surface area contributed by atoms with E-state index in [0.717, 1.165) is 12.1 Å². The molecule has 0 spiro atoms. The van der Waals surface area contributed by atoms with E-state index in [0.29, 0.717) is 0 Å². The van der Waals surface area contributed by atoms with Crippen molar-refractivity contribution >= 4 is 11.4 Å². The van der Waals surface area contributed by atoms with Crippen LogP contribution in [0.4, 0.5) is 11.4 Å². The van der Waals surface area contributed by atoms with Crippen LogP contribution < -0.4 is 5.73 Å². The standard InChI is InChI=1S/C7H5N3O3/c8-3-4-1-6(10(12)13)7(11)2-5(4)9/h1-2,11H,9H2. The molecule has 0 unspecified atom stereocenters. The minimum absolute atomic E-state index is 0.0191. The first-order valence-electron chi connectivity index (χ1n) is 3.23. The van der Waals surface area contributed by atoms with Crippen LogP contribution in [0.5, 0.6) is 5.75 Å². The Morgan fingerprint density at radius 1 is 1.62 bits per heavy atom. The Bertz CT molecular complexity index is 408. The topological polar surface area (TPSA) is 113 Å². The van der Waals surface area contributed by atoms with Gasteiger partial charge < -0.3 is 10.8 Å². The minimum Gasteiger partial charge on any atom is -0.502 e. The lowest BCUT2D eigenvalue weighted by Gasteiger charge is -1.99. The summed E-state index contributed by atoms with van der Waals surface area (Å²) >= 11 is 0. The van der Waals surface area contributed by atoms with Crippen LogP contribution in [0.1, 0.15) is 5.56 Å². The van der Waals surface area contributed by atoms with Crippen molar-refractivity contribution in [2.45, 2.75) is 0 Å². The number of nitrogens with two attached hydrogens (primary N) is 1. The third-order valence-corrected chi connectivity index (χ3v) is 1.46. The maximum Gasteiger partial charge on any atom is 0.312 e. The molecule has 0 saturated heterocycles. The first-order chi connectivity index (χ1) is 6.06. The van der Waals surface area contributed by atoms with Gasteiger partial charge >= 0.3 is 5.69 Å². The smallest absolute Gasteiger partial charge is 0.312 e. The predicted molar refractivity (Wildman–Crippen MR) is 43.9 cm³/mol. The van der Waals surface area contributed by atoms with Gasteiger partial charge in [-0.15, -0.1) is 0 Å². The van der Waals surface area contributed by atoms with Crippen LogP contribution >= 0.6 is 0 Å². The van der Waals surface area contributed by atoms with E-state index in [9.17, 15) is 10.1 Å². The van der Waals surface area contributed by atoms with Crippen molar-refractivity contribution in [1.29, 1.82) is 5.26 Å². The molecule has 0 saturated carbocycles. The molecular formula is C7H5N3O3. The van der Waals surface area contributed by atoms with Gasteiger partial charge in [-0.3, -0.25) is 10.1 Å². The van der Waals surface area contributed by atoms with Crippen LogP contribution in [0, 0.1) is 21.4 Å². The van der Waals surface area contributed by atoms with E-state index < -0.39 is 16.4 Å². The zero-order valence-electron chi connectivity index (χ0n) is 6.39. The van der Waals surface area contributed by atoms with E-state index in [1.165, 1.54) is 0 Å². The number of aromatic hydroxyl groups is 1. The quantitative estimate of drug-likeness (QED) is 0.375. The Hall–Kier alpha value is -2.29. The summed E-state index contributed by atoms with van der Waals surface area (Å²) in [6.07, 6.45) is 0. The summed E-state index contributed by atoms with van der Waals surface area (Å²) in [4.78, 5) is 9.51. The summed E-state index contributed by atoms with van der Waals surface area (Å²) in [5.41, 5.74) is 4.77. The van der Waals surface area contributed by atoms with E-state index in [-0.39, 0.29) is 11.3 Å². The minimum atomic E-state index is -0.782. The van der Waals surface area contributed by atoms with Crippen LogP contribution in [-0.4, -0.2) is 10.0 Å². The molecule has 0 amide bonds. The van der Waals surface area contributed by atoms with Crippen LogP contribution in [0.15, 0.2) is 12.1 Å². The molecule has 0 aliphatic heterocycles. The summed E-state index contributed by atoms with van der Waals surface area (Å²) in [6.45, 7) is 0. The van der Waals surface area contributed by atoms with Gasteiger partial charge in [-0.25, -0.2) is 0 Å². The van der Waals surface area contributed by atoms with Crippen molar-refractivity contribution in [2.75, 3.05) is 5.73 Å². The zero-order valence-corrected chi connectivity index (χ0v) is 6.39. The lowest BCUT2D eigenvalue weighted by molar-refractivity contribution is -0.385. The molecule has 0 heterocycles. The van der Waals surface area contributed by atoms with Gasteiger partial charge in [0, 0.05) is 12.1 Å². The number of hydrogen-bond acceptors (Lipinski definition) is 5. The number of hydrogen-bond donors (Lipinski definition) is 2. The van der Waals surface area contributed by atoms with Crippen molar-refractivity contribution in [3.05, 3.63) is 27.8 Å². The number of phenolic OH excluding ortho intramolecular Hbond substituents is 1. The van der Waals surface area contributed by atoms with Crippen molar-refractivity contribution in [2.24, 2.45) is 0 Å². The molecule has 13 heavy (non-hydrogen) atoms. The molecule has 66 valence electrons. The zero-order chi connectivity index (χ0) is 10.0. The highest BCUT2D eigenvalue weighted by molar-refractivity contribution is 5.64. The maximum absolute atomic E-state index is 10.3. The molecule has 0 radical (unpaired) electrons. The van der Waals surface area contributed by atoms with Gasteiger partial charge in [-0.05, 0) is 0 Å². The number of nitro benzene ring substituents is 1. The Morgan fingerprint density at radius 3 is 2.69 bits per heavy atom. The predicted octanol–water partition coefficient (Wildman–Crippen LogP) is 0.754. The summed E-state index contributed by atoms with van der Waals surface area (Å²) in [6, 6.07) is 3.60. The average Bonchev–Trinajstić information content (AvgIpc) is 2.03. The summed E-state index contributed by atoms with van der Waals surface area (Å²) in [5.74, 6) is -0.540. The van der Waals surface area contributed by atoms with Gasteiger partial charge in [0.25, 0.3) is 0 Å². The van der Waals surface area contributed by atoms with E-state index in [1.54, 1.807) is 6.07 Å². The molecule has 0 fully saturated rings. The molecule has 6 nitrogen and oxygen atoms in total. The third kappa shape index (κ3) is 1.49. The molecule has 0 atom stereocenters. The fraction of sp³-hybridized carbons (Fsp3) is 0. The van der Waals surface area contributed by atoms with Gasteiger partial charge in [0.1, 0.15) is 6.07 Å². The highest BCUT2D eigenvalue weighted by atomic mass is 16.6. The highest BCUT2D eigenvalue weighted by Crippen LogP contribution is 2.29. The van der Waals surface area contributed by atoms with Crippen LogP contribution in [0.3, 0.4) is 0 Å². The lowest BCUT2D eigenvalue weighted by Crippen LogP contribution is -1.94. The fourth-order valence-electron chi connectivity index (χ4n) is 0.836. The average molecular weight is 179 g/mol. The van der Waals surface area contributed by atoms with Crippen LogP contribution in [0.25, 0.3) is 0 Å². The Kier molecular flexibility index (Phi) is 2.02. The first-order valence-corrected chi connectivity index (χ1v) is 3.23. The normalized spacial score (nSPS) is 9.15. The van der Waals surface area contributed by atoms with E-state index in [2.05, 4.69) is 0 Å². The van der Waals surface area contributed by atoms with E-state index in [1.807, 2.05) is 0 Å². The summed E-state index contributed by atoms with van der Waals surface area (Å²) < 4.78 is 0.